The van der Waals surface area contributed by atoms with Crippen LogP contribution >= 0.6 is 0 Å². The van der Waals surface area contributed by atoms with Crippen LogP contribution in [0.2, 0.25) is 0 Å². The van der Waals surface area contributed by atoms with E-state index in [-0.39, 0.29) is 0 Å². The van der Waals surface area contributed by atoms with Crippen LogP contribution in [0.1, 0.15) is 12.5 Å². The molecule has 1 aromatic heterocycles. The molecule has 2 aromatic carbocycles. The van der Waals surface area contributed by atoms with E-state index in [1.165, 1.54) is 16.3 Å². The van der Waals surface area contributed by atoms with Crippen molar-refractivity contribution >= 4 is 27.6 Å². The molecule has 3 heteroatoms. The number of benzene rings is 2. The molecule has 0 radical (unpaired) electrons. The van der Waals surface area contributed by atoms with Crippen molar-refractivity contribution in [2.75, 3.05) is 11.9 Å². The maximum Gasteiger partial charge on any atom is 0.159 e. The second-order valence-corrected chi connectivity index (χ2v) is 5.71. The third-order valence-electron chi connectivity index (χ3n) is 4.44. The molecule has 0 spiro atoms. The quantitative estimate of drug-likeness (QED) is 0.655. The van der Waals surface area contributed by atoms with E-state index >= 15 is 0 Å². The Hall–Kier alpha value is -2.42. The van der Waals surface area contributed by atoms with Crippen LogP contribution in [-0.4, -0.2) is 18.1 Å². The molecule has 21 heavy (non-hydrogen) atoms. The molecule has 0 unspecified atom stereocenters. The van der Waals surface area contributed by atoms with E-state index in [1.54, 1.807) is 0 Å². The zero-order valence-corrected chi connectivity index (χ0v) is 12.5. The Morgan fingerprint density at radius 2 is 1.81 bits per heavy atom. The van der Waals surface area contributed by atoms with Crippen molar-refractivity contribution in [3.63, 3.8) is 0 Å². The Morgan fingerprint density at radius 1 is 1.00 bits per heavy atom. The normalized spacial score (nSPS) is 18.3. The average Bonchev–Trinajstić information content (AvgIpc) is 3.01. The summed E-state index contributed by atoms with van der Waals surface area (Å²) in [5.41, 5.74) is 4.32. The highest BCUT2D eigenvalue weighted by molar-refractivity contribution is 6.09. The number of aryl methyl sites for hydroxylation is 1. The molecule has 0 fully saturated rings. The van der Waals surface area contributed by atoms with Crippen LogP contribution < -0.4 is 4.90 Å². The molecule has 1 atom stereocenters. The summed E-state index contributed by atoms with van der Waals surface area (Å²) < 4.78 is 6.17. The molecule has 0 aliphatic carbocycles. The summed E-state index contributed by atoms with van der Waals surface area (Å²) >= 11 is 0. The largest absolute Gasteiger partial charge is 0.454 e. The maximum absolute atomic E-state index is 6.17. The molecular weight excluding hydrogens is 260 g/mol. The Kier molecular flexibility index (Phi) is 2.52. The number of hydrogen-bond donors (Lipinski definition) is 0. The summed E-state index contributed by atoms with van der Waals surface area (Å²) in [4.78, 5) is 4.47. The van der Waals surface area contributed by atoms with Gasteiger partial charge in [0.1, 0.15) is 11.7 Å². The van der Waals surface area contributed by atoms with Gasteiger partial charge < -0.3 is 14.2 Å². The minimum absolute atomic E-state index is 0.294. The van der Waals surface area contributed by atoms with Crippen molar-refractivity contribution in [3.05, 3.63) is 54.4 Å². The number of anilines is 1. The van der Waals surface area contributed by atoms with Crippen LogP contribution in [0.5, 0.6) is 0 Å². The van der Waals surface area contributed by atoms with E-state index < -0.39 is 0 Å². The van der Waals surface area contributed by atoms with E-state index in [0.29, 0.717) is 6.17 Å². The average molecular weight is 278 g/mol. The van der Waals surface area contributed by atoms with Gasteiger partial charge >= 0.3 is 0 Å². The molecule has 0 bridgehead atoms. The molecule has 0 amide bonds. The zero-order chi connectivity index (χ0) is 14.6. The minimum atomic E-state index is 0.294. The van der Waals surface area contributed by atoms with Crippen LogP contribution in [0.15, 0.2) is 53.2 Å². The first-order chi connectivity index (χ1) is 10.2. The van der Waals surface area contributed by atoms with Gasteiger partial charge in [-0.05, 0) is 25.5 Å². The molecule has 3 aromatic rings. The number of nitrogens with zero attached hydrogens (tertiary/aromatic N) is 2. The van der Waals surface area contributed by atoms with Gasteiger partial charge in [-0.25, -0.2) is 0 Å². The van der Waals surface area contributed by atoms with Gasteiger partial charge in [-0.1, -0.05) is 30.3 Å². The molecule has 3 nitrogen and oxygen atoms in total. The fourth-order valence-electron chi connectivity index (χ4n) is 3.08. The lowest BCUT2D eigenvalue weighted by atomic mass is 10.1. The Morgan fingerprint density at radius 3 is 2.57 bits per heavy atom. The van der Waals surface area contributed by atoms with Crippen LogP contribution in [0, 0.1) is 6.92 Å². The summed E-state index contributed by atoms with van der Waals surface area (Å²) in [6.45, 7) is 4.34. The molecule has 106 valence electrons. The Labute approximate surface area is 124 Å². The summed E-state index contributed by atoms with van der Waals surface area (Å²) in [6.07, 6.45) is 4.52. The standard InChI is InChI=1S/C18H18N2O/c1-12-8-9-15-14-6-4-5-7-16(14)21-18(15)17(12)20-11-10-19(3)13(20)2/h4-11,13H,1-3H3/t13-/m0/s1. The predicted molar refractivity (Wildman–Crippen MR) is 87.3 cm³/mol. The second-order valence-electron chi connectivity index (χ2n) is 5.71. The van der Waals surface area contributed by atoms with Crippen molar-refractivity contribution in [1.82, 2.24) is 4.90 Å². The number of furan rings is 1. The van der Waals surface area contributed by atoms with E-state index in [2.05, 4.69) is 67.4 Å². The van der Waals surface area contributed by atoms with Gasteiger partial charge in [-0.3, -0.25) is 0 Å². The maximum atomic E-state index is 6.17. The topological polar surface area (TPSA) is 19.6 Å². The summed E-state index contributed by atoms with van der Waals surface area (Å²) in [5, 5.41) is 2.36. The van der Waals surface area contributed by atoms with Gasteiger partial charge in [0.05, 0.1) is 5.69 Å². The molecule has 0 N–H and O–H groups in total. The molecule has 1 aliphatic rings. The van der Waals surface area contributed by atoms with E-state index in [1.807, 2.05) is 12.1 Å². The zero-order valence-electron chi connectivity index (χ0n) is 12.5. The van der Waals surface area contributed by atoms with E-state index in [0.717, 1.165) is 16.9 Å². The van der Waals surface area contributed by atoms with Crippen molar-refractivity contribution in [2.24, 2.45) is 0 Å². The molecule has 2 heterocycles. The van der Waals surface area contributed by atoms with Crippen LogP contribution in [0.4, 0.5) is 5.69 Å². The summed E-state index contributed by atoms with van der Waals surface area (Å²) in [6, 6.07) is 12.6. The number of rotatable bonds is 1. The summed E-state index contributed by atoms with van der Waals surface area (Å²) in [5.74, 6) is 0. The third kappa shape index (κ3) is 1.67. The minimum Gasteiger partial charge on any atom is -0.454 e. The van der Waals surface area contributed by atoms with Crippen molar-refractivity contribution in [1.29, 1.82) is 0 Å². The fourth-order valence-corrected chi connectivity index (χ4v) is 3.08. The number of para-hydroxylation sites is 1. The molecule has 4 rings (SSSR count). The van der Waals surface area contributed by atoms with Crippen LogP contribution in [-0.2, 0) is 0 Å². The highest BCUT2D eigenvalue weighted by Crippen LogP contribution is 2.39. The lowest BCUT2D eigenvalue weighted by Gasteiger charge is -2.28. The SMILES string of the molecule is Cc1ccc2c(oc3ccccc32)c1N1C=CN(C)[C@@H]1C. The third-order valence-corrected chi connectivity index (χ3v) is 4.44. The van der Waals surface area contributed by atoms with E-state index in [4.69, 9.17) is 4.42 Å². The van der Waals surface area contributed by atoms with Gasteiger partial charge in [-0.15, -0.1) is 0 Å². The van der Waals surface area contributed by atoms with Gasteiger partial charge in [-0.2, -0.15) is 0 Å². The Balaban J connectivity index is 2.04. The predicted octanol–water partition coefficient (Wildman–Crippen LogP) is 4.46. The van der Waals surface area contributed by atoms with Gasteiger partial charge in [0.15, 0.2) is 5.58 Å². The first kappa shape index (κ1) is 12.3. The molecule has 0 saturated carbocycles. The van der Waals surface area contributed by atoms with Gasteiger partial charge in [0, 0.05) is 30.2 Å². The lowest BCUT2D eigenvalue weighted by Crippen LogP contribution is -2.33. The lowest BCUT2D eigenvalue weighted by molar-refractivity contribution is 0.383. The smallest absolute Gasteiger partial charge is 0.159 e. The van der Waals surface area contributed by atoms with E-state index in [9.17, 15) is 0 Å². The molecule has 0 saturated heterocycles. The second kappa shape index (κ2) is 4.29. The van der Waals surface area contributed by atoms with Crippen molar-refractivity contribution < 1.29 is 4.42 Å². The first-order valence-corrected chi connectivity index (χ1v) is 7.26. The molecule has 1 aliphatic heterocycles. The van der Waals surface area contributed by atoms with Crippen LogP contribution in [0.25, 0.3) is 21.9 Å². The summed E-state index contributed by atoms with van der Waals surface area (Å²) in [7, 11) is 2.09. The fraction of sp³-hybridized carbons (Fsp3) is 0.222. The van der Waals surface area contributed by atoms with Gasteiger partial charge in [0.2, 0.25) is 0 Å². The van der Waals surface area contributed by atoms with Crippen molar-refractivity contribution in [2.45, 2.75) is 20.0 Å². The highest BCUT2D eigenvalue weighted by atomic mass is 16.3. The van der Waals surface area contributed by atoms with Gasteiger partial charge in [0.25, 0.3) is 0 Å². The van der Waals surface area contributed by atoms with Crippen molar-refractivity contribution in [3.8, 4) is 0 Å². The first-order valence-electron chi connectivity index (χ1n) is 7.26. The van der Waals surface area contributed by atoms with Crippen LogP contribution in [0.3, 0.4) is 0 Å². The highest BCUT2D eigenvalue weighted by Gasteiger charge is 2.25. The number of hydrogen-bond acceptors (Lipinski definition) is 3. The number of fused-ring (bicyclic) bond motifs is 3. The molecular formula is C18H18N2O. The monoisotopic (exact) mass is 278 g/mol. The Bertz CT molecular complexity index is 862.